The average molecular weight is 558 g/mol. The second-order valence-electron chi connectivity index (χ2n) is 7.76. The van der Waals surface area contributed by atoms with Gasteiger partial charge in [-0.05, 0) is 80.8 Å². The zero-order valence-electron chi connectivity index (χ0n) is 19.6. The van der Waals surface area contributed by atoms with E-state index in [9.17, 15) is 13.2 Å². The maximum atomic E-state index is 13.5. The molecule has 35 heavy (non-hydrogen) atoms. The van der Waals surface area contributed by atoms with Crippen LogP contribution in [0, 0.1) is 0 Å². The van der Waals surface area contributed by atoms with E-state index in [1.807, 2.05) is 44.2 Å². The highest BCUT2D eigenvalue weighted by molar-refractivity contribution is 9.10. The van der Waals surface area contributed by atoms with Gasteiger partial charge in [0, 0.05) is 10.2 Å². The van der Waals surface area contributed by atoms with Crippen LogP contribution in [-0.4, -0.2) is 33.2 Å². The van der Waals surface area contributed by atoms with Gasteiger partial charge >= 0.3 is 0 Å². The van der Waals surface area contributed by atoms with Crippen LogP contribution in [0.4, 0.5) is 5.69 Å². The lowest BCUT2D eigenvalue weighted by atomic mass is 10.1. The Bertz CT molecular complexity index is 1250. The van der Waals surface area contributed by atoms with Gasteiger partial charge in [0.2, 0.25) is 0 Å². The van der Waals surface area contributed by atoms with Crippen molar-refractivity contribution >= 4 is 43.3 Å². The summed E-state index contributed by atoms with van der Waals surface area (Å²) in [7, 11) is -4.01. The number of nitrogens with one attached hydrogen (secondary N) is 1. The molecule has 0 aliphatic heterocycles. The van der Waals surface area contributed by atoms with Crippen molar-refractivity contribution < 1.29 is 17.9 Å². The first kappa shape index (κ1) is 26.4. The number of amides is 1. The summed E-state index contributed by atoms with van der Waals surface area (Å²) >= 11 is 3.32. The summed E-state index contributed by atoms with van der Waals surface area (Å²) in [4.78, 5) is 12.8. The molecule has 3 aromatic rings. The number of nitrogens with zero attached hydrogens (tertiary/aromatic N) is 2. The molecule has 0 aromatic heterocycles. The molecule has 1 amide bonds. The molecule has 0 atom stereocenters. The predicted molar refractivity (Wildman–Crippen MR) is 142 cm³/mol. The highest BCUT2D eigenvalue weighted by Crippen LogP contribution is 2.26. The summed E-state index contributed by atoms with van der Waals surface area (Å²) in [6.45, 7) is 3.75. The molecule has 0 fully saturated rings. The summed E-state index contributed by atoms with van der Waals surface area (Å²) in [5, 5.41) is 4.16. The van der Waals surface area contributed by atoms with Gasteiger partial charge in [-0.15, -0.1) is 0 Å². The van der Waals surface area contributed by atoms with Gasteiger partial charge in [0.25, 0.3) is 15.9 Å². The van der Waals surface area contributed by atoms with Crippen LogP contribution in [-0.2, 0) is 21.2 Å². The van der Waals surface area contributed by atoms with E-state index < -0.39 is 22.5 Å². The minimum Gasteiger partial charge on any atom is -0.494 e. The number of carbonyl (C=O) groups is 1. The molecule has 7 nitrogen and oxygen atoms in total. The summed E-state index contributed by atoms with van der Waals surface area (Å²) in [5.41, 5.74) is 4.76. The number of carbonyl (C=O) groups excluding carboxylic acids is 1. The van der Waals surface area contributed by atoms with Crippen LogP contribution in [0.3, 0.4) is 0 Å². The minimum atomic E-state index is -4.01. The van der Waals surface area contributed by atoms with Crippen molar-refractivity contribution in [3.8, 4) is 5.75 Å². The number of halogens is 1. The summed E-state index contributed by atoms with van der Waals surface area (Å²) in [5.74, 6) is 0.0685. The molecule has 0 bridgehead atoms. The number of hydrazone groups is 1. The average Bonchev–Trinajstić information content (AvgIpc) is 2.86. The number of aryl methyl sites for hydroxylation is 1. The standard InChI is InChI=1S/C26H28BrN3O4S/c1-3-34-24-15-13-23(14-16-24)30(35(32,33)25-17-11-22(27)12-18-25)19-26(31)29-28-20(2)9-10-21-7-5-4-6-8-21/h4-8,11-18H,3,9-10,19H2,1-2H3,(H,29,31)/b28-20-. The molecule has 3 aromatic carbocycles. The molecular weight excluding hydrogens is 530 g/mol. The smallest absolute Gasteiger partial charge is 0.264 e. The number of sulfonamides is 1. The number of rotatable bonds is 11. The van der Waals surface area contributed by atoms with Crippen molar-refractivity contribution in [2.24, 2.45) is 5.10 Å². The van der Waals surface area contributed by atoms with E-state index in [-0.39, 0.29) is 4.90 Å². The topological polar surface area (TPSA) is 88.1 Å². The number of benzene rings is 3. The maximum Gasteiger partial charge on any atom is 0.264 e. The molecule has 0 unspecified atom stereocenters. The number of anilines is 1. The Balaban J connectivity index is 1.76. The number of hydrogen-bond donors (Lipinski definition) is 1. The molecule has 0 aliphatic rings. The maximum absolute atomic E-state index is 13.5. The Morgan fingerprint density at radius 1 is 1.00 bits per heavy atom. The van der Waals surface area contributed by atoms with E-state index in [0.29, 0.717) is 24.5 Å². The molecule has 0 heterocycles. The fraction of sp³-hybridized carbons (Fsp3) is 0.231. The van der Waals surface area contributed by atoms with Crippen LogP contribution in [0.15, 0.2) is 93.3 Å². The van der Waals surface area contributed by atoms with Gasteiger partial charge in [-0.3, -0.25) is 9.10 Å². The van der Waals surface area contributed by atoms with Crippen molar-refractivity contribution in [2.45, 2.75) is 31.6 Å². The van der Waals surface area contributed by atoms with Gasteiger partial charge in [0.1, 0.15) is 12.3 Å². The largest absolute Gasteiger partial charge is 0.494 e. The third-order valence-electron chi connectivity index (χ3n) is 5.11. The van der Waals surface area contributed by atoms with Gasteiger partial charge in [-0.2, -0.15) is 5.10 Å². The summed E-state index contributed by atoms with van der Waals surface area (Å²) in [6.07, 6.45) is 1.46. The first-order chi connectivity index (χ1) is 16.8. The van der Waals surface area contributed by atoms with Crippen LogP contribution in [0.2, 0.25) is 0 Å². The van der Waals surface area contributed by atoms with E-state index in [4.69, 9.17) is 4.74 Å². The Labute approximate surface area is 215 Å². The fourth-order valence-corrected chi connectivity index (χ4v) is 4.96. The highest BCUT2D eigenvalue weighted by Gasteiger charge is 2.27. The number of hydrogen-bond acceptors (Lipinski definition) is 5. The first-order valence-corrected chi connectivity index (χ1v) is 13.4. The van der Waals surface area contributed by atoms with Gasteiger partial charge < -0.3 is 4.74 Å². The van der Waals surface area contributed by atoms with Gasteiger partial charge in [-0.25, -0.2) is 13.8 Å². The normalized spacial score (nSPS) is 11.7. The minimum absolute atomic E-state index is 0.0740. The van der Waals surface area contributed by atoms with Crippen molar-refractivity contribution in [3.05, 3.63) is 88.9 Å². The Morgan fingerprint density at radius 3 is 2.29 bits per heavy atom. The second-order valence-corrected chi connectivity index (χ2v) is 10.5. The van der Waals surface area contributed by atoms with Crippen LogP contribution in [0.5, 0.6) is 5.75 Å². The summed E-state index contributed by atoms with van der Waals surface area (Å²) < 4.78 is 34.2. The second kappa shape index (κ2) is 12.5. The lowest BCUT2D eigenvalue weighted by Crippen LogP contribution is -2.39. The van der Waals surface area contributed by atoms with Crippen LogP contribution < -0.4 is 14.5 Å². The number of ether oxygens (including phenoxy) is 1. The van der Waals surface area contributed by atoms with E-state index >= 15 is 0 Å². The van der Waals surface area contributed by atoms with E-state index in [2.05, 4.69) is 26.5 Å². The lowest BCUT2D eigenvalue weighted by molar-refractivity contribution is -0.119. The third-order valence-corrected chi connectivity index (χ3v) is 7.43. The molecule has 9 heteroatoms. The molecule has 0 saturated heterocycles. The van der Waals surface area contributed by atoms with E-state index in [0.717, 1.165) is 20.9 Å². The molecule has 0 aliphatic carbocycles. The summed E-state index contributed by atoms with van der Waals surface area (Å²) in [6, 6.07) is 22.8. The van der Waals surface area contributed by atoms with E-state index in [1.54, 1.807) is 36.4 Å². The Hall–Kier alpha value is -3.17. The molecule has 0 saturated carbocycles. The molecule has 0 radical (unpaired) electrons. The Kier molecular flexibility index (Phi) is 9.45. The molecule has 1 N–H and O–H groups in total. The van der Waals surface area contributed by atoms with Crippen molar-refractivity contribution in [2.75, 3.05) is 17.5 Å². The first-order valence-electron chi connectivity index (χ1n) is 11.2. The fourth-order valence-electron chi connectivity index (χ4n) is 3.27. The van der Waals surface area contributed by atoms with Gasteiger partial charge in [-0.1, -0.05) is 46.3 Å². The van der Waals surface area contributed by atoms with Crippen LogP contribution >= 0.6 is 15.9 Å². The SMILES string of the molecule is CCOc1ccc(N(CC(=O)N/N=C(/C)CCc2ccccc2)S(=O)(=O)c2ccc(Br)cc2)cc1. The third kappa shape index (κ3) is 7.66. The van der Waals surface area contributed by atoms with Crippen molar-refractivity contribution in [1.82, 2.24) is 5.43 Å². The van der Waals surface area contributed by atoms with Crippen LogP contribution in [0.1, 0.15) is 25.8 Å². The van der Waals surface area contributed by atoms with Gasteiger partial charge in [0.05, 0.1) is 17.2 Å². The highest BCUT2D eigenvalue weighted by atomic mass is 79.9. The predicted octanol–water partition coefficient (Wildman–Crippen LogP) is 5.17. The van der Waals surface area contributed by atoms with E-state index in [1.165, 1.54) is 17.7 Å². The quantitative estimate of drug-likeness (QED) is 0.260. The van der Waals surface area contributed by atoms with Crippen molar-refractivity contribution in [1.29, 1.82) is 0 Å². The molecule has 3 rings (SSSR count). The monoisotopic (exact) mass is 557 g/mol. The molecule has 184 valence electrons. The molecular formula is C26H28BrN3O4S. The van der Waals surface area contributed by atoms with Crippen molar-refractivity contribution in [3.63, 3.8) is 0 Å². The van der Waals surface area contributed by atoms with Gasteiger partial charge in [0.15, 0.2) is 0 Å². The molecule has 0 spiro atoms. The van der Waals surface area contributed by atoms with Crippen LogP contribution in [0.25, 0.3) is 0 Å². The lowest BCUT2D eigenvalue weighted by Gasteiger charge is -2.24. The zero-order chi connectivity index (χ0) is 25.3. The Morgan fingerprint density at radius 2 is 1.66 bits per heavy atom. The zero-order valence-corrected chi connectivity index (χ0v) is 22.1.